The van der Waals surface area contributed by atoms with Crippen molar-refractivity contribution in [3.05, 3.63) is 79.1 Å². The molecule has 0 aliphatic rings. The number of nitro groups is 1. The number of aromatic nitrogens is 1. The van der Waals surface area contributed by atoms with Crippen LogP contribution >= 0.6 is 0 Å². The second-order valence-corrected chi connectivity index (χ2v) is 7.15. The summed E-state index contributed by atoms with van der Waals surface area (Å²) in [6.45, 7) is 0.0436. The van der Waals surface area contributed by atoms with E-state index in [1.54, 1.807) is 18.2 Å². The number of methoxy groups -OCH3 is 1. The first-order valence-corrected chi connectivity index (χ1v) is 9.90. The molecule has 2 heterocycles. The monoisotopic (exact) mass is 454 g/mol. The zero-order chi connectivity index (χ0) is 23.5. The van der Waals surface area contributed by atoms with Crippen molar-refractivity contribution in [2.75, 3.05) is 7.11 Å². The highest BCUT2D eigenvalue weighted by Gasteiger charge is 2.15. The number of oxazole rings is 1. The minimum atomic E-state index is -0.670. The molecule has 11 heteroatoms. The first kappa shape index (κ1) is 21.8. The van der Waals surface area contributed by atoms with E-state index < -0.39 is 22.3 Å². The standard InChI is InChI=1S/C22H18N2O9/c1-30-15-5-6-16-13(9-21(26)32-18(16)11-15)12-31-20(25)3-2-8-23-17-7-4-14(24(28)29)10-19(17)33-22(23)27/h4-7,9-11H,2-3,8,12H2,1H3. The van der Waals surface area contributed by atoms with Crippen LogP contribution in [0.15, 0.2) is 60.9 Å². The molecule has 0 aliphatic carbocycles. The molecule has 33 heavy (non-hydrogen) atoms. The maximum atomic E-state index is 12.2. The molecule has 2 aromatic heterocycles. The van der Waals surface area contributed by atoms with Gasteiger partial charge in [-0.2, -0.15) is 0 Å². The topological polar surface area (TPSA) is 144 Å². The van der Waals surface area contributed by atoms with Gasteiger partial charge in [0.15, 0.2) is 5.58 Å². The second-order valence-electron chi connectivity index (χ2n) is 7.15. The SMILES string of the molecule is COc1ccc2c(COC(=O)CCCn3c(=O)oc4cc([N+](=O)[O-])ccc43)cc(=O)oc2c1. The zero-order valence-corrected chi connectivity index (χ0v) is 17.4. The molecule has 0 radical (unpaired) electrons. The summed E-state index contributed by atoms with van der Waals surface area (Å²) in [5.41, 5.74) is 0.552. The molecule has 4 rings (SSSR count). The average molecular weight is 454 g/mol. The number of carbonyl (C=O) groups is 1. The number of fused-ring (bicyclic) bond motifs is 2. The Bertz CT molecular complexity index is 1480. The highest BCUT2D eigenvalue weighted by atomic mass is 16.6. The minimum absolute atomic E-state index is 0.0132. The number of nitrogens with zero attached hydrogens (tertiary/aromatic N) is 2. The van der Waals surface area contributed by atoms with E-state index in [2.05, 4.69) is 0 Å². The van der Waals surface area contributed by atoms with Gasteiger partial charge in [-0.25, -0.2) is 9.59 Å². The smallest absolute Gasteiger partial charge is 0.419 e. The van der Waals surface area contributed by atoms with Crippen LogP contribution in [0.5, 0.6) is 5.75 Å². The lowest BCUT2D eigenvalue weighted by Crippen LogP contribution is -2.15. The molecule has 0 atom stereocenters. The number of aryl methyl sites for hydroxylation is 1. The summed E-state index contributed by atoms with van der Waals surface area (Å²) in [7, 11) is 1.50. The van der Waals surface area contributed by atoms with E-state index >= 15 is 0 Å². The number of non-ortho nitro benzene ring substituents is 1. The van der Waals surface area contributed by atoms with E-state index in [1.807, 2.05) is 0 Å². The molecule has 0 amide bonds. The number of hydrogen-bond donors (Lipinski definition) is 0. The number of rotatable bonds is 8. The van der Waals surface area contributed by atoms with Crippen molar-refractivity contribution in [1.82, 2.24) is 4.57 Å². The maximum absolute atomic E-state index is 12.2. The molecule has 0 saturated heterocycles. The first-order valence-electron chi connectivity index (χ1n) is 9.90. The van der Waals surface area contributed by atoms with E-state index in [9.17, 15) is 24.5 Å². The molecule has 0 fully saturated rings. The largest absolute Gasteiger partial charge is 0.497 e. The number of benzene rings is 2. The highest BCUT2D eigenvalue weighted by Crippen LogP contribution is 2.23. The third-order valence-corrected chi connectivity index (χ3v) is 5.05. The van der Waals surface area contributed by atoms with Crippen molar-refractivity contribution in [2.24, 2.45) is 0 Å². The molecular formula is C22H18N2O9. The fraction of sp³-hybridized carbons (Fsp3) is 0.227. The quantitative estimate of drug-likeness (QED) is 0.170. The molecule has 0 saturated carbocycles. The molecule has 0 spiro atoms. The summed E-state index contributed by atoms with van der Waals surface area (Å²) in [6.07, 6.45) is 0.290. The van der Waals surface area contributed by atoms with Crippen molar-refractivity contribution in [3.8, 4) is 5.75 Å². The Morgan fingerprint density at radius 1 is 1.09 bits per heavy atom. The Hall–Kier alpha value is -4.41. The van der Waals surface area contributed by atoms with Gasteiger partial charge in [-0.05, 0) is 24.6 Å². The van der Waals surface area contributed by atoms with Gasteiger partial charge in [-0.15, -0.1) is 0 Å². The van der Waals surface area contributed by atoms with Gasteiger partial charge in [0.1, 0.15) is 17.9 Å². The van der Waals surface area contributed by atoms with E-state index in [-0.39, 0.29) is 37.3 Å². The van der Waals surface area contributed by atoms with Crippen LogP contribution in [0.2, 0.25) is 0 Å². The van der Waals surface area contributed by atoms with Gasteiger partial charge >= 0.3 is 17.4 Å². The van der Waals surface area contributed by atoms with E-state index in [0.29, 0.717) is 27.8 Å². The molecule has 170 valence electrons. The number of carbonyl (C=O) groups excluding carboxylic acids is 1. The Balaban J connectivity index is 1.39. The van der Waals surface area contributed by atoms with Gasteiger partial charge < -0.3 is 18.3 Å². The van der Waals surface area contributed by atoms with Crippen LogP contribution in [0.3, 0.4) is 0 Å². The summed E-state index contributed by atoms with van der Waals surface area (Å²) >= 11 is 0. The second kappa shape index (κ2) is 8.99. The normalized spacial score (nSPS) is 11.1. The summed E-state index contributed by atoms with van der Waals surface area (Å²) in [5, 5.41) is 11.5. The van der Waals surface area contributed by atoms with Crippen LogP contribution in [0, 0.1) is 10.1 Å². The summed E-state index contributed by atoms with van der Waals surface area (Å²) in [5.74, 6) is -0.658. The molecular weight excluding hydrogens is 436 g/mol. The van der Waals surface area contributed by atoms with Crippen LogP contribution in [0.4, 0.5) is 5.69 Å². The molecule has 0 bridgehead atoms. The minimum Gasteiger partial charge on any atom is -0.497 e. The van der Waals surface area contributed by atoms with Crippen molar-refractivity contribution >= 4 is 33.7 Å². The van der Waals surface area contributed by atoms with Gasteiger partial charge in [-0.1, -0.05) is 0 Å². The molecule has 4 aromatic rings. The molecule has 0 aliphatic heterocycles. The van der Waals surface area contributed by atoms with Gasteiger partial charge in [0.05, 0.1) is 23.6 Å². The van der Waals surface area contributed by atoms with Crippen LogP contribution < -0.4 is 16.1 Å². The third-order valence-electron chi connectivity index (χ3n) is 5.05. The van der Waals surface area contributed by atoms with E-state index in [0.717, 1.165) is 0 Å². The Morgan fingerprint density at radius 3 is 2.67 bits per heavy atom. The molecule has 0 N–H and O–H groups in total. The zero-order valence-electron chi connectivity index (χ0n) is 17.4. The molecule has 11 nitrogen and oxygen atoms in total. The summed E-state index contributed by atoms with van der Waals surface area (Å²) < 4.78 is 21.9. The third kappa shape index (κ3) is 4.61. The number of ether oxygens (including phenoxy) is 2. The average Bonchev–Trinajstić information content (AvgIpc) is 3.11. The van der Waals surface area contributed by atoms with E-state index in [1.165, 1.54) is 35.9 Å². The van der Waals surface area contributed by atoms with Crippen LogP contribution in [-0.2, 0) is 22.7 Å². The van der Waals surface area contributed by atoms with Gasteiger partial charge in [0.25, 0.3) is 5.69 Å². The van der Waals surface area contributed by atoms with Crippen molar-refractivity contribution in [3.63, 3.8) is 0 Å². The van der Waals surface area contributed by atoms with Crippen LogP contribution in [0.25, 0.3) is 22.1 Å². The number of nitro benzene ring substituents is 1. The first-order chi connectivity index (χ1) is 15.9. The maximum Gasteiger partial charge on any atom is 0.419 e. The van der Waals surface area contributed by atoms with Crippen LogP contribution in [0.1, 0.15) is 18.4 Å². The lowest BCUT2D eigenvalue weighted by molar-refractivity contribution is -0.384. The molecule has 0 unspecified atom stereocenters. The lowest BCUT2D eigenvalue weighted by atomic mass is 10.1. The number of esters is 1. The highest BCUT2D eigenvalue weighted by molar-refractivity contribution is 5.82. The fourth-order valence-electron chi connectivity index (χ4n) is 3.45. The summed E-state index contributed by atoms with van der Waals surface area (Å²) in [6, 6.07) is 10.1. The van der Waals surface area contributed by atoms with Crippen molar-refractivity contribution in [1.29, 1.82) is 0 Å². The molecule has 2 aromatic carbocycles. The Morgan fingerprint density at radius 2 is 1.91 bits per heavy atom. The van der Waals surface area contributed by atoms with E-state index in [4.69, 9.17) is 18.3 Å². The van der Waals surface area contributed by atoms with Gasteiger partial charge in [0.2, 0.25) is 0 Å². The fourth-order valence-corrected chi connectivity index (χ4v) is 3.45. The predicted octanol–water partition coefficient (Wildman–Crippen LogP) is 3.14. The summed E-state index contributed by atoms with van der Waals surface area (Å²) in [4.78, 5) is 46.4. The Kier molecular flexibility index (Phi) is 5.94. The van der Waals surface area contributed by atoms with Crippen LogP contribution in [-0.4, -0.2) is 22.6 Å². The predicted molar refractivity (Wildman–Crippen MR) is 115 cm³/mol. The Labute approximate surface area is 184 Å². The van der Waals surface area contributed by atoms with Gasteiger partial charge in [-0.3, -0.25) is 19.5 Å². The van der Waals surface area contributed by atoms with Crippen molar-refractivity contribution in [2.45, 2.75) is 26.0 Å². The lowest BCUT2D eigenvalue weighted by Gasteiger charge is -2.08. The number of hydrogen-bond acceptors (Lipinski definition) is 9. The van der Waals surface area contributed by atoms with Crippen molar-refractivity contribution < 1.29 is 28.0 Å². The van der Waals surface area contributed by atoms with Gasteiger partial charge in [0, 0.05) is 42.1 Å².